The lowest BCUT2D eigenvalue weighted by Crippen LogP contribution is -2.14. The highest BCUT2D eigenvalue weighted by molar-refractivity contribution is 5.27. The molecule has 0 bridgehead atoms. The number of ether oxygens (including phenoxy) is 1. The van der Waals surface area contributed by atoms with E-state index in [1.54, 1.807) is 0 Å². The zero-order chi connectivity index (χ0) is 14.2. The molecule has 2 nitrogen and oxygen atoms in total. The van der Waals surface area contributed by atoms with Crippen molar-refractivity contribution in [3.63, 3.8) is 0 Å². The Morgan fingerprint density at radius 3 is 2.60 bits per heavy atom. The van der Waals surface area contributed by atoms with E-state index in [1.165, 1.54) is 31.2 Å². The Labute approximate surface area is 123 Å². The third-order valence-electron chi connectivity index (χ3n) is 3.88. The minimum absolute atomic E-state index is 0.703. The predicted octanol–water partition coefficient (Wildman–Crippen LogP) is 4.39. The van der Waals surface area contributed by atoms with Crippen LogP contribution in [0.25, 0.3) is 0 Å². The summed E-state index contributed by atoms with van der Waals surface area (Å²) >= 11 is 0. The zero-order valence-corrected chi connectivity index (χ0v) is 13.0. The Kier molecular flexibility index (Phi) is 6.38. The molecule has 1 aromatic carbocycles. The highest BCUT2D eigenvalue weighted by Gasteiger charge is 2.19. The third-order valence-corrected chi connectivity index (χ3v) is 3.88. The molecule has 0 radical (unpaired) electrons. The molecule has 0 atom stereocenters. The molecular formula is C18H29NO. The van der Waals surface area contributed by atoms with Gasteiger partial charge < -0.3 is 10.1 Å². The van der Waals surface area contributed by atoms with Crippen molar-refractivity contribution in [1.82, 2.24) is 5.32 Å². The molecule has 0 unspecified atom stereocenters. The van der Waals surface area contributed by atoms with Crippen LogP contribution >= 0.6 is 0 Å². The summed E-state index contributed by atoms with van der Waals surface area (Å²) in [6.45, 7) is 7.37. The van der Waals surface area contributed by atoms with Crippen LogP contribution < -0.4 is 10.1 Å². The van der Waals surface area contributed by atoms with E-state index in [-0.39, 0.29) is 0 Å². The molecule has 1 saturated carbocycles. The first-order valence-electron chi connectivity index (χ1n) is 8.16. The minimum Gasteiger partial charge on any atom is -0.494 e. The van der Waals surface area contributed by atoms with Gasteiger partial charge in [0, 0.05) is 6.54 Å². The average molecular weight is 275 g/mol. The predicted molar refractivity (Wildman–Crippen MR) is 85.1 cm³/mol. The second-order valence-corrected chi connectivity index (χ2v) is 6.44. The molecule has 20 heavy (non-hydrogen) atoms. The van der Waals surface area contributed by atoms with Gasteiger partial charge in [-0.05, 0) is 55.3 Å². The number of benzene rings is 1. The largest absolute Gasteiger partial charge is 0.494 e. The first kappa shape index (κ1) is 15.4. The minimum atomic E-state index is 0.703. The second kappa shape index (κ2) is 8.31. The molecule has 112 valence electrons. The Morgan fingerprint density at radius 2 is 1.95 bits per heavy atom. The van der Waals surface area contributed by atoms with Gasteiger partial charge in [0.25, 0.3) is 0 Å². The molecule has 0 amide bonds. The van der Waals surface area contributed by atoms with Gasteiger partial charge in [-0.15, -0.1) is 0 Å². The quantitative estimate of drug-likeness (QED) is 0.639. The zero-order valence-electron chi connectivity index (χ0n) is 13.0. The van der Waals surface area contributed by atoms with Crippen LogP contribution in [-0.4, -0.2) is 13.2 Å². The molecule has 1 N–H and O–H groups in total. The smallest absolute Gasteiger partial charge is 0.119 e. The van der Waals surface area contributed by atoms with Crippen LogP contribution in [-0.2, 0) is 6.54 Å². The monoisotopic (exact) mass is 275 g/mol. The van der Waals surface area contributed by atoms with Gasteiger partial charge in [-0.25, -0.2) is 0 Å². The van der Waals surface area contributed by atoms with Gasteiger partial charge in [-0.2, -0.15) is 0 Å². The molecule has 0 heterocycles. The van der Waals surface area contributed by atoms with Crippen LogP contribution in [0, 0.1) is 11.8 Å². The van der Waals surface area contributed by atoms with Crippen LogP contribution in [0.3, 0.4) is 0 Å². The maximum Gasteiger partial charge on any atom is 0.119 e. The van der Waals surface area contributed by atoms with Crippen molar-refractivity contribution in [2.75, 3.05) is 13.2 Å². The summed E-state index contributed by atoms with van der Waals surface area (Å²) in [5, 5.41) is 3.52. The van der Waals surface area contributed by atoms with E-state index >= 15 is 0 Å². The van der Waals surface area contributed by atoms with Crippen LogP contribution in [0.1, 0.15) is 51.5 Å². The van der Waals surface area contributed by atoms with Gasteiger partial charge in [-0.3, -0.25) is 0 Å². The lowest BCUT2D eigenvalue weighted by molar-refractivity contribution is 0.289. The molecule has 0 aromatic heterocycles. The van der Waals surface area contributed by atoms with Gasteiger partial charge in [0.1, 0.15) is 5.75 Å². The molecule has 1 aliphatic carbocycles. The summed E-state index contributed by atoms with van der Waals surface area (Å²) in [6.07, 6.45) is 6.79. The van der Waals surface area contributed by atoms with Gasteiger partial charge in [-0.1, -0.05) is 38.8 Å². The summed E-state index contributed by atoms with van der Waals surface area (Å²) in [4.78, 5) is 0. The fourth-order valence-corrected chi connectivity index (χ4v) is 2.27. The van der Waals surface area contributed by atoms with E-state index in [4.69, 9.17) is 4.74 Å². The Morgan fingerprint density at radius 1 is 1.20 bits per heavy atom. The summed E-state index contributed by atoms with van der Waals surface area (Å²) in [5.41, 5.74) is 1.34. The van der Waals surface area contributed by atoms with Gasteiger partial charge in [0.15, 0.2) is 0 Å². The summed E-state index contributed by atoms with van der Waals surface area (Å²) in [7, 11) is 0. The Hall–Kier alpha value is -1.02. The van der Waals surface area contributed by atoms with Crippen molar-refractivity contribution in [3.05, 3.63) is 29.8 Å². The van der Waals surface area contributed by atoms with Gasteiger partial charge in [0.2, 0.25) is 0 Å². The maximum atomic E-state index is 5.73. The lowest BCUT2D eigenvalue weighted by Gasteiger charge is -2.09. The highest BCUT2D eigenvalue weighted by Crippen LogP contribution is 2.33. The normalized spacial score (nSPS) is 14.8. The SMILES string of the molecule is CC(C)CCOc1ccc(CNCCCC2CC2)cc1. The molecule has 0 saturated heterocycles. The average Bonchev–Trinajstić information content (AvgIpc) is 3.24. The maximum absolute atomic E-state index is 5.73. The van der Waals surface area contributed by atoms with Crippen LogP contribution in [0.5, 0.6) is 5.75 Å². The van der Waals surface area contributed by atoms with Crippen molar-refractivity contribution in [1.29, 1.82) is 0 Å². The molecule has 2 heteroatoms. The van der Waals surface area contributed by atoms with Gasteiger partial charge >= 0.3 is 0 Å². The van der Waals surface area contributed by atoms with E-state index in [0.717, 1.165) is 37.8 Å². The van der Waals surface area contributed by atoms with Crippen molar-refractivity contribution >= 4 is 0 Å². The van der Waals surface area contributed by atoms with E-state index < -0.39 is 0 Å². The summed E-state index contributed by atoms with van der Waals surface area (Å²) in [6, 6.07) is 8.50. The first-order valence-corrected chi connectivity index (χ1v) is 8.16. The summed E-state index contributed by atoms with van der Waals surface area (Å²) < 4.78 is 5.73. The topological polar surface area (TPSA) is 21.3 Å². The number of rotatable bonds is 10. The van der Waals surface area contributed by atoms with E-state index in [1.807, 2.05) is 0 Å². The highest BCUT2D eigenvalue weighted by atomic mass is 16.5. The number of nitrogens with one attached hydrogen (secondary N) is 1. The van der Waals surface area contributed by atoms with E-state index in [0.29, 0.717) is 5.92 Å². The van der Waals surface area contributed by atoms with Crippen LogP contribution in [0.2, 0.25) is 0 Å². The van der Waals surface area contributed by atoms with Crippen LogP contribution in [0.4, 0.5) is 0 Å². The molecule has 1 aliphatic rings. The van der Waals surface area contributed by atoms with Crippen molar-refractivity contribution in [2.24, 2.45) is 11.8 Å². The molecule has 1 fully saturated rings. The molecule has 0 spiro atoms. The number of hydrogen-bond donors (Lipinski definition) is 1. The molecule has 1 aromatic rings. The number of hydrogen-bond acceptors (Lipinski definition) is 2. The van der Waals surface area contributed by atoms with Crippen LogP contribution in [0.15, 0.2) is 24.3 Å². The van der Waals surface area contributed by atoms with Crippen molar-refractivity contribution in [2.45, 2.75) is 52.5 Å². The second-order valence-electron chi connectivity index (χ2n) is 6.44. The lowest BCUT2D eigenvalue weighted by atomic mass is 10.1. The fourth-order valence-electron chi connectivity index (χ4n) is 2.27. The Balaban J connectivity index is 1.57. The van der Waals surface area contributed by atoms with E-state index in [2.05, 4.69) is 43.4 Å². The van der Waals surface area contributed by atoms with E-state index in [9.17, 15) is 0 Å². The van der Waals surface area contributed by atoms with Crippen molar-refractivity contribution in [3.8, 4) is 5.75 Å². The first-order chi connectivity index (χ1) is 9.74. The standard InChI is InChI=1S/C18H29NO/c1-15(2)11-13-20-18-9-7-17(8-10-18)14-19-12-3-4-16-5-6-16/h7-10,15-16,19H,3-6,11-14H2,1-2H3. The Bertz CT molecular complexity index is 368. The third kappa shape index (κ3) is 6.42. The fraction of sp³-hybridized carbons (Fsp3) is 0.667. The molecular weight excluding hydrogens is 246 g/mol. The molecule has 2 rings (SSSR count). The van der Waals surface area contributed by atoms with Gasteiger partial charge in [0.05, 0.1) is 6.61 Å². The molecule has 0 aliphatic heterocycles. The summed E-state index contributed by atoms with van der Waals surface area (Å²) in [5.74, 6) is 2.75. The van der Waals surface area contributed by atoms with Crippen molar-refractivity contribution < 1.29 is 4.74 Å².